The zero-order valence-corrected chi connectivity index (χ0v) is 12.4. The van der Waals surface area contributed by atoms with E-state index < -0.39 is 5.97 Å². The van der Waals surface area contributed by atoms with E-state index in [1.807, 2.05) is 18.3 Å². The Morgan fingerprint density at radius 2 is 1.87 bits per heavy atom. The van der Waals surface area contributed by atoms with Gasteiger partial charge in [-0.3, -0.25) is 0 Å². The minimum Gasteiger partial charge on any atom is -0.478 e. The molecule has 0 amide bonds. The largest absolute Gasteiger partial charge is 0.478 e. The molecular formula is C16H17N5O2. The molecule has 0 unspecified atom stereocenters. The zero-order valence-electron chi connectivity index (χ0n) is 12.4. The normalized spacial score (nSPS) is 11.0. The second-order valence-electron chi connectivity index (χ2n) is 5.36. The van der Waals surface area contributed by atoms with E-state index in [1.165, 1.54) is 0 Å². The average molecular weight is 311 g/mol. The van der Waals surface area contributed by atoms with Crippen molar-refractivity contribution in [1.29, 1.82) is 0 Å². The number of aryl methyl sites for hydroxylation is 2. The predicted molar refractivity (Wildman–Crippen MR) is 88.1 cm³/mol. The molecule has 0 radical (unpaired) electrons. The molecule has 23 heavy (non-hydrogen) atoms. The number of hydrogen-bond donors (Lipinski definition) is 4. The van der Waals surface area contributed by atoms with Crippen molar-refractivity contribution in [3.63, 3.8) is 0 Å². The smallest absolute Gasteiger partial charge is 0.335 e. The lowest BCUT2D eigenvalue weighted by molar-refractivity contribution is 0.0697. The number of carboxylic acid groups (broad SMARTS) is 1. The molecular weight excluding hydrogens is 294 g/mol. The summed E-state index contributed by atoms with van der Waals surface area (Å²) >= 11 is 0. The molecule has 0 saturated carbocycles. The third kappa shape index (κ3) is 3.08. The Bertz CT molecular complexity index is 855. The molecule has 1 aromatic carbocycles. The third-order valence-corrected chi connectivity index (χ3v) is 3.77. The summed E-state index contributed by atoms with van der Waals surface area (Å²) in [6.45, 7) is 0. The second-order valence-corrected chi connectivity index (χ2v) is 5.36. The van der Waals surface area contributed by atoms with Crippen LogP contribution in [0.2, 0.25) is 0 Å². The molecule has 7 nitrogen and oxygen atoms in total. The first-order valence-corrected chi connectivity index (χ1v) is 7.26. The van der Waals surface area contributed by atoms with Crippen LogP contribution in [0, 0.1) is 0 Å². The Morgan fingerprint density at radius 3 is 2.57 bits per heavy atom. The van der Waals surface area contributed by atoms with Crippen molar-refractivity contribution in [1.82, 2.24) is 15.0 Å². The minimum atomic E-state index is -0.912. The van der Waals surface area contributed by atoms with E-state index in [0.29, 0.717) is 17.0 Å². The lowest BCUT2D eigenvalue weighted by atomic mass is 10.0. The van der Waals surface area contributed by atoms with Crippen LogP contribution in [0.5, 0.6) is 0 Å². The molecule has 2 aromatic heterocycles. The van der Waals surface area contributed by atoms with Crippen LogP contribution in [0.3, 0.4) is 0 Å². The van der Waals surface area contributed by atoms with Crippen molar-refractivity contribution < 1.29 is 9.90 Å². The Kier molecular flexibility index (Phi) is 3.84. The van der Waals surface area contributed by atoms with E-state index in [-0.39, 0.29) is 5.95 Å². The van der Waals surface area contributed by atoms with Gasteiger partial charge in [0, 0.05) is 6.20 Å². The van der Waals surface area contributed by atoms with Gasteiger partial charge in [0.2, 0.25) is 5.95 Å². The second kappa shape index (κ2) is 5.96. The molecule has 0 saturated heterocycles. The third-order valence-electron chi connectivity index (χ3n) is 3.77. The molecule has 118 valence electrons. The van der Waals surface area contributed by atoms with Gasteiger partial charge in [0.05, 0.1) is 10.9 Å². The number of rotatable bonds is 5. The van der Waals surface area contributed by atoms with Crippen LogP contribution in [-0.4, -0.2) is 26.0 Å². The summed E-state index contributed by atoms with van der Waals surface area (Å²) in [5, 5.41) is 9.71. The van der Waals surface area contributed by atoms with Crippen LogP contribution < -0.4 is 11.5 Å². The van der Waals surface area contributed by atoms with Crippen LogP contribution in [0.1, 0.15) is 27.9 Å². The maximum atomic E-state index is 10.8. The van der Waals surface area contributed by atoms with Gasteiger partial charge in [0.1, 0.15) is 11.5 Å². The van der Waals surface area contributed by atoms with Gasteiger partial charge in [-0.1, -0.05) is 12.1 Å². The number of aromatic nitrogens is 3. The van der Waals surface area contributed by atoms with Gasteiger partial charge in [-0.15, -0.1) is 0 Å². The van der Waals surface area contributed by atoms with Crippen molar-refractivity contribution in [2.24, 2.45) is 0 Å². The zero-order chi connectivity index (χ0) is 16.4. The number of aromatic amines is 1. The highest BCUT2D eigenvalue weighted by Gasteiger charge is 2.10. The Morgan fingerprint density at radius 1 is 1.13 bits per heavy atom. The maximum absolute atomic E-state index is 10.8. The number of nitrogens with zero attached hydrogens (tertiary/aromatic N) is 2. The quantitative estimate of drug-likeness (QED) is 0.570. The number of nitrogen functional groups attached to an aromatic ring is 2. The molecule has 2 heterocycles. The van der Waals surface area contributed by atoms with Crippen LogP contribution in [0.4, 0.5) is 11.8 Å². The maximum Gasteiger partial charge on any atom is 0.335 e. The lowest BCUT2D eigenvalue weighted by Crippen LogP contribution is -2.00. The van der Waals surface area contributed by atoms with Gasteiger partial charge < -0.3 is 21.6 Å². The molecule has 0 atom stereocenters. The van der Waals surface area contributed by atoms with E-state index in [1.54, 1.807) is 12.1 Å². The number of benzene rings is 1. The predicted octanol–water partition coefficient (Wildman–Crippen LogP) is 2.00. The summed E-state index contributed by atoms with van der Waals surface area (Å²) in [5.74, 6) is -0.374. The van der Waals surface area contributed by atoms with Crippen LogP contribution in [-0.2, 0) is 12.8 Å². The van der Waals surface area contributed by atoms with E-state index in [2.05, 4.69) is 15.0 Å². The highest BCUT2D eigenvalue weighted by atomic mass is 16.4. The highest BCUT2D eigenvalue weighted by molar-refractivity contribution is 5.90. The fourth-order valence-corrected chi connectivity index (χ4v) is 2.64. The minimum absolute atomic E-state index is 0.155. The van der Waals surface area contributed by atoms with E-state index in [9.17, 15) is 4.79 Å². The molecule has 6 N–H and O–H groups in total. The number of carbonyl (C=O) groups is 1. The number of hydrogen-bond acceptors (Lipinski definition) is 5. The number of H-pyrrole nitrogens is 1. The van der Waals surface area contributed by atoms with Crippen LogP contribution >= 0.6 is 0 Å². The summed E-state index contributed by atoms with van der Waals surface area (Å²) in [6.07, 6.45) is 4.45. The van der Waals surface area contributed by atoms with Crippen molar-refractivity contribution in [3.8, 4) is 0 Å². The first kappa shape index (κ1) is 14.8. The SMILES string of the molecule is Nc1nc(N)c2c(CCCc3ccc(C(=O)O)cc3)c[nH]c2n1. The number of aromatic carboxylic acids is 1. The summed E-state index contributed by atoms with van der Waals surface area (Å²) < 4.78 is 0. The van der Waals surface area contributed by atoms with Gasteiger partial charge in [0.15, 0.2) is 0 Å². The van der Waals surface area contributed by atoms with E-state index >= 15 is 0 Å². The fraction of sp³-hybridized carbons (Fsp3) is 0.188. The van der Waals surface area contributed by atoms with Crippen molar-refractivity contribution in [3.05, 3.63) is 47.2 Å². The topological polar surface area (TPSA) is 131 Å². The van der Waals surface area contributed by atoms with Crippen LogP contribution in [0.25, 0.3) is 11.0 Å². The molecule has 0 fully saturated rings. The number of fused-ring (bicyclic) bond motifs is 1. The molecule has 0 aliphatic heterocycles. The monoisotopic (exact) mass is 311 g/mol. The summed E-state index contributed by atoms with van der Waals surface area (Å²) in [4.78, 5) is 22.0. The molecule has 0 aliphatic rings. The van der Waals surface area contributed by atoms with Crippen molar-refractivity contribution in [2.75, 3.05) is 11.5 Å². The Hall–Kier alpha value is -3.09. The molecule has 3 rings (SSSR count). The average Bonchev–Trinajstić information content (AvgIpc) is 2.91. The Labute approximate surface area is 132 Å². The number of anilines is 2. The van der Waals surface area contributed by atoms with Gasteiger partial charge in [-0.25, -0.2) is 4.79 Å². The van der Waals surface area contributed by atoms with E-state index in [4.69, 9.17) is 16.6 Å². The summed E-state index contributed by atoms with van der Waals surface area (Å²) in [7, 11) is 0. The Balaban J connectivity index is 1.68. The van der Waals surface area contributed by atoms with Gasteiger partial charge in [-0.2, -0.15) is 9.97 Å². The van der Waals surface area contributed by atoms with Gasteiger partial charge in [0.25, 0.3) is 0 Å². The number of carboxylic acids is 1. The van der Waals surface area contributed by atoms with Gasteiger partial charge in [-0.05, 0) is 42.5 Å². The molecule has 0 aliphatic carbocycles. The first-order chi connectivity index (χ1) is 11.0. The first-order valence-electron chi connectivity index (χ1n) is 7.26. The lowest BCUT2D eigenvalue weighted by Gasteiger charge is -2.04. The summed E-state index contributed by atoms with van der Waals surface area (Å²) in [6, 6.07) is 6.93. The van der Waals surface area contributed by atoms with Gasteiger partial charge >= 0.3 is 5.97 Å². The standard InChI is InChI=1S/C16H17N5O2/c17-13-12-11(8-19-14(12)21-16(18)20-13)3-1-2-9-4-6-10(7-5-9)15(22)23/h4-8H,1-3H2,(H,22,23)(H5,17,18,19,20,21). The van der Waals surface area contributed by atoms with Crippen molar-refractivity contribution >= 4 is 28.8 Å². The fourth-order valence-electron chi connectivity index (χ4n) is 2.64. The molecule has 7 heteroatoms. The van der Waals surface area contributed by atoms with E-state index in [0.717, 1.165) is 35.8 Å². The van der Waals surface area contributed by atoms with Crippen LogP contribution in [0.15, 0.2) is 30.5 Å². The number of nitrogens with one attached hydrogen (secondary N) is 1. The molecule has 3 aromatic rings. The number of nitrogens with two attached hydrogens (primary N) is 2. The molecule has 0 spiro atoms. The molecule has 0 bridgehead atoms. The van der Waals surface area contributed by atoms with Crippen molar-refractivity contribution in [2.45, 2.75) is 19.3 Å². The summed E-state index contributed by atoms with van der Waals surface area (Å²) in [5.41, 5.74) is 14.6. The highest BCUT2D eigenvalue weighted by Crippen LogP contribution is 2.24.